The average molecular weight is 595 g/mol. The molecule has 0 aliphatic carbocycles. The van der Waals surface area contributed by atoms with E-state index in [9.17, 15) is 19.2 Å². The Balaban J connectivity index is 0.990. The van der Waals surface area contributed by atoms with Gasteiger partial charge >= 0.3 is 0 Å². The van der Waals surface area contributed by atoms with Gasteiger partial charge < -0.3 is 33.2 Å². The Labute approximate surface area is 253 Å². The fourth-order valence-electron chi connectivity index (χ4n) is 6.09. The molecule has 4 aromatic rings. The number of imide groups is 2. The van der Waals surface area contributed by atoms with E-state index >= 15 is 0 Å². The number of hydrogen-bond donors (Lipinski definition) is 5. The van der Waals surface area contributed by atoms with E-state index in [-0.39, 0.29) is 30.8 Å². The van der Waals surface area contributed by atoms with Gasteiger partial charge in [0.1, 0.15) is 0 Å². The van der Waals surface area contributed by atoms with Gasteiger partial charge in [0.2, 0.25) is 0 Å². The predicted molar refractivity (Wildman–Crippen MR) is 171 cm³/mol. The molecule has 12 nitrogen and oxygen atoms in total. The van der Waals surface area contributed by atoms with Crippen LogP contribution in [0, 0.1) is 0 Å². The minimum atomic E-state index is -0.390. The van der Waals surface area contributed by atoms with Gasteiger partial charge in [0.05, 0.1) is 33.9 Å². The molecule has 0 aromatic heterocycles. The molecule has 12 heteroatoms. The van der Waals surface area contributed by atoms with Crippen molar-refractivity contribution in [3.63, 3.8) is 0 Å². The number of anilines is 4. The minimum absolute atomic E-state index is 0.206. The van der Waals surface area contributed by atoms with E-state index in [1.54, 1.807) is 48.5 Å². The Kier molecular flexibility index (Phi) is 7.31. The number of nitrogen functional groups attached to an aromatic ring is 4. The predicted octanol–water partition coefficient (Wildman–Crippen LogP) is 2.13. The first-order valence-electron chi connectivity index (χ1n) is 14.4. The maximum atomic E-state index is 13.3. The molecule has 2 aliphatic heterocycles. The summed E-state index contributed by atoms with van der Waals surface area (Å²) in [6, 6.07) is 13.5. The normalized spacial score (nSPS) is 14.5. The molecular formula is C32H34N8O4. The number of likely N-dealkylation sites (N-methyl/N-ethyl adjacent to an activating group) is 1. The number of rotatable bonds is 10. The van der Waals surface area contributed by atoms with Gasteiger partial charge in [-0.15, -0.1) is 0 Å². The van der Waals surface area contributed by atoms with Crippen LogP contribution in [0.3, 0.4) is 0 Å². The zero-order valence-electron chi connectivity index (χ0n) is 24.4. The Hall–Kier alpha value is -5.20. The lowest BCUT2D eigenvalue weighted by molar-refractivity contribution is 0.0589. The lowest BCUT2D eigenvalue weighted by Crippen LogP contribution is -2.44. The molecule has 2 heterocycles. The number of nitrogens with one attached hydrogen (secondary N) is 1. The summed E-state index contributed by atoms with van der Waals surface area (Å²) in [5.41, 5.74) is 27.3. The summed E-state index contributed by atoms with van der Waals surface area (Å²) in [6.07, 6.45) is 0.774. The van der Waals surface area contributed by atoms with E-state index in [4.69, 9.17) is 22.9 Å². The highest BCUT2D eigenvalue weighted by Crippen LogP contribution is 2.37. The highest BCUT2D eigenvalue weighted by molar-refractivity contribution is 6.28. The average Bonchev–Trinajstić information content (AvgIpc) is 3.01. The van der Waals surface area contributed by atoms with Crippen LogP contribution in [0.15, 0.2) is 48.5 Å². The summed E-state index contributed by atoms with van der Waals surface area (Å²) in [5, 5.41) is 5.60. The van der Waals surface area contributed by atoms with Crippen molar-refractivity contribution >= 4 is 67.9 Å². The van der Waals surface area contributed by atoms with Gasteiger partial charge in [0, 0.05) is 58.9 Å². The lowest BCUT2D eigenvalue weighted by atomic mass is 9.92. The standard InChI is InChI=1S/C32H34N8O4/c1-38(13-14-40-30(42)20-8-3-6-18-26(20)22(32(40)44)16-24(34)28(18)36)11-4-9-37-10-12-39-29(41)19-7-2-5-17-25(19)21(31(39)43)15-23(33)27(17)35/h2-3,5-8,15-16,37H,4,9-14,33-36H2,1H3. The quantitative estimate of drug-likeness (QED) is 0.103. The molecule has 4 aromatic carbocycles. The van der Waals surface area contributed by atoms with Crippen LogP contribution in [0.25, 0.3) is 21.5 Å². The topological polar surface area (TPSA) is 194 Å². The molecule has 0 atom stereocenters. The van der Waals surface area contributed by atoms with Crippen molar-refractivity contribution in [3.05, 3.63) is 70.8 Å². The van der Waals surface area contributed by atoms with Gasteiger partial charge in [0.25, 0.3) is 23.6 Å². The first-order chi connectivity index (χ1) is 21.1. The molecule has 226 valence electrons. The SMILES string of the molecule is CN(CCCNCCN1C(=O)c2cccc3c(N)c(N)cc(c23)C1=O)CCN1C(=O)c2cccc3c(N)c(N)cc(c23)C1=O. The van der Waals surface area contributed by atoms with E-state index in [1.165, 1.54) is 9.80 Å². The highest BCUT2D eigenvalue weighted by Gasteiger charge is 2.35. The van der Waals surface area contributed by atoms with Crippen LogP contribution < -0.4 is 28.3 Å². The van der Waals surface area contributed by atoms with E-state index in [0.29, 0.717) is 92.7 Å². The molecule has 44 heavy (non-hydrogen) atoms. The molecular weight excluding hydrogens is 560 g/mol. The van der Waals surface area contributed by atoms with Crippen LogP contribution in [0.2, 0.25) is 0 Å². The Morgan fingerprint density at radius 3 is 1.64 bits per heavy atom. The van der Waals surface area contributed by atoms with Crippen LogP contribution in [0.4, 0.5) is 22.7 Å². The number of hydrogen-bond acceptors (Lipinski definition) is 10. The lowest BCUT2D eigenvalue weighted by Gasteiger charge is -2.29. The first kappa shape index (κ1) is 28.9. The van der Waals surface area contributed by atoms with Crippen LogP contribution in [-0.2, 0) is 0 Å². The Morgan fingerprint density at radius 1 is 0.636 bits per heavy atom. The van der Waals surface area contributed by atoms with Crippen LogP contribution in [0.1, 0.15) is 47.9 Å². The summed E-state index contributed by atoms with van der Waals surface area (Å²) >= 11 is 0. The van der Waals surface area contributed by atoms with Crippen molar-refractivity contribution in [1.29, 1.82) is 0 Å². The number of amides is 4. The zero-order chi connectivity index (χ0) is 31.3. The fourth-order valence-corrected chi connectivity index (χ4v) is 6.09. The number of benzene rings is 4. The maximum Gasteiger partial charge on any atom is 0.261 e. The molecule has 2 aliphatic rings. The summed E-state index contributed by atoms with van der Waals surface area (Å²) < 4.78 is 0. The third-order valence-corrected chi connectivity index (χ3v) is 8.48. The largest absolute Gasteiger partial charge is 0.397 e. The maximum absolute atomic E-state index is 13.3. The van der Waals surface area contributed by atoms with Gasteiger partial charge in [-0.25, -0.2) is 0 Å². The van der Waals surface area contributed by atoms with Crippen molar-refractivity contribution in [2.75, 3.05) is 69.3 Å². The van der Waals surface area contributed by atoms with E-state index in [1.807, 2.05) is 11.9 Å². The number of nitrogens with two attached hydrogens (primary N) is 4. The molecule has 0 spiro atoms. The molecule has 0 bridgehead atoms. The summed E-state index contributed by atoms with van der Waals surface area (Å²) in [5.74, 6) is -1.48. The number of carbonyl (C=O) groups is 4. The Bertz CT molecular complexity index is 1890. The smallest absolute Gasteiger partial charge is 0.261 e. The number of carbonyl (C=O) groups excluding carboxylic acids is 4. The highest BCUT2D eigenvalue weighted by atomic mass is 16.2. The Morgan fingerprint density at radius 2 is 1.11 bits per heavy atom. The third kappa shape index (κ3) is 4.64. The molecule has 0 unspecified atom stereocenters. The molecule has 4 amide bonds. The van der Waals surface area contributed by atoms with Crippen molar-refractivity contribution in [2.24, 2.45) is 0 Å². The van der Waals surface area contributed by atoms with Crippen molar-refractivity contribution in [1.82, 2.24) is 20.0 Å². The van der Waals surface area contributed by atoms with E-state index < -0.39 is 5.91 Å². The zero-order valence-corrected chi connectivity index (χ0v) is 24.4. The van der Waals surface area contributed by atoms with Crippen molar-refractivity contribution < 1.29 is 19.2 Å². The van der Waals surface area contributed by atoms with E-state index in [2.05, 4.69) is 5.32 Å². The van der Waals surface area contributed by atoms with Gasteiger partial charge in [0.15, 0.2) is 0 Å². The minimum Gasteiger partial charge on any atom is -0.397 e. The van der Waals surface area contributed by atoms with Gasteiger partial charge in [-0.05, 0) is 50.8 Å². The molecule has 6 rings (SSSR count). The second-order valence-corrected chi connectivity index (χ2v) is 11.2. The second kappa shape index (κ2) is 11.1. The molecule has 0 saturated heterocycles. The summed E-state index contributed by atoms with van der Waals surface area (Å²) in [6.45, 7) is 2.70. The fraction of sp³-hybridized carbons (Fsp3) is 0.250. The first-order valence-corrected chi connectivity index (χ1v) is 14.4. The second-order valence-electron chi connectivity index (χ2n) is 11.2. The van der Waals surface area contributed by atoms with Gasteiger partial charge in [-0.1, -0.05) is 24.3 Å². The summed E-state index contributed by atoms with van der Waals surface area (Å²) in [7, 11) is 1.92. The van der Waals surface area contributed by atoms with E-state index in [0.717, 1.165) is 6.42 Å². The molecule has 0 fully saturated rings. The van der Waals surface area contributed by atoms with Crippen molar-refractivity contribution in [3.8, 4) is 0 Å². The monoisotopic (exact) mass is 594 g/mol. The number of nitrogens with zero attached hydrogens (tertiary/aromatic N) is 3. The van der Waals surface area contributed by atoms with Crippen LogP contribution in [0.5, 0.6) is 0 Å². The third-order valence-electron chi connectivity index (χ3n) is 8.48. The van der Waals surface area contributed by atoms with Crippen LogP contribution in [-0.4, -0.2) is 84.6 Å². The molecule has 0 saturated carbocycles. The van der Waals surface area contributed by atoms with Crippen molar-refractivity contribution in [2.45, 2.75) is 6.42 Å². The van der Waals surface area contributed by atoms with Gasteiger partial charge in [-0.3, -0.25) is 29.0 Å². The molecule has 0 radical (unpaired) electrons. The van der Waals surface area contributed by atoms with Gasteiger partial charge in [-0.2, -0.15) is 0 Å². The van der Waals surface area contributed by atoms with Crippen LogP contribution >= 0.6 is 0 Å². The summed E-state index contributed by atoms with van der Waals surface area (Å²) in [4.78, 5) is 57.4. The molecule has 9 N–H and O–H groups in total.